The Bertz CT molecular complexity index is 4600. The monoisotopic (exact) mass is 2000 g/mol. The summed E-state index contributed by atoms with van der Waals surface area (Å²) < 4.78 is 91.9. The highest BCUT2D eigenvalue weighted by atomic mass is 19.4. The first kappa shape index (κ1) is 131. The van der Waals surface area contributed by atoms with Crippen LogP contribution in [0.25, 0.3) is 0 Å². The molecule has 0 saturated carbocycles. The summed E-state index contributed by atoms with van der Waals surface area (Å²) in [5.41, 5.74) is 24.4. The van der Waals surface area contributed by atoms with Crippen molar-refractivity contribution >= 4 is 78.4 Å². The fourth-order valence-electron chi connectivity index (χ4n) is 12.8. The van der Waals surface area contributed by atoms with E-state index in [1.165, 1.54) is 40.7 Å². The number of alkyl carbamates (subject to hydrolysis) is 2. The van der Waals surface area contributed by atoms with Gasteiger partial charge in [-0.3, -0.25) is 29.3 Å². The van der Waals surface area contributed by atoms with Crippen LogP contribution >= 0.6 is 0 Å². The van der Waals surface area contributed by atoms with E-state index in [2.05, 4.69) is 140 Å². The second-order valence-corrected chi connectivity index (χ2v) is 37.3. The molecule has 0 aromatic heterocycles. The summed E-state index contributed by atoms with van der Waals surface area (Å²) in [6.07, 6.45) is -2.47. The Hall–Kier alpha value is -13.1. The maximum atomic E-state index is 12.0. The minimum atomic E-state index is -4.82. The zero-order valence-corrected chi connectivity index (χ0v) is 86.2. The van der Waals surface area contributed by atoms with Gasteiger partial charge in [0.1, 0.15) is 17.2 Å². The molecule has 0 aliphatic heterocycles. The van der Waals surface area contributed by atoms with Crippen LogP contribution in [0.4, 0.5) is 61.7 Å². The van der Waals surface area contributed by atoms with Gasteiger partial charge in [0, 0.05) is 72.9 Å². The minimum absolute atomic E-state index is 0. The highest BCUT2D eigenvalue weighted by Crippen LogP contribution is 2.20. The van der Waals surface area contributed by atoms with Crippen LogP contribution in [0.5, 0.6) is 0 Å². The van der Waals surface area contributed by atoms with Gasteiger partial charge in [0.2, 0.25) is 0 Å². The van der Waals surface area contributed by atoms with Crippen LogP contribution in [0.2, 0.25) is 0 Å². The molecule has 29 nitrogen and oxygen atoms in total. The third-order valence-corrected chi connectivity index (χ3v) is 19.6. The van der Waals surface area contributed by atoms with Gasteiger partial charge in [-0.05, 0) is 245 Å². The second-order valence-electron chi connectivity index (χ2n) is 37.3. The molecule has 0 unspecified atom stereocenters. The number of halogens is 6. The Morgan fingerprint density at radius 3 is 0.810 bits per heavy atom. The van der Waals surface area contributed by atoms with Gasteiger partial charge in [0.25, 0.3) is 12.9 Å². The number of aliphatic carboxylic acids is 2. The fourth-order valence-corrected chi connectivity index (χ4v) is 12.8. The number of alkyl halides is 6. The molecule has 7 aromatic carbocycles. The third-order valence-electron chi connectivity index (χ3n) is 19.6. The normalized spacial score (nSPS) is 12.8. The third kappa shape index (κ3) is 68.9. The van der Waals surface area contributed by atoms with Gasteiger partial charge in [-0.25, -0.2) is 28.8 Å². The van der Waals surface area contributed by atoms with Gasteiger partial charge in [-0.15, -0.1) is 0 Å². The first-order valence-electron chi connectivity index (χ1n) is 47.3. The van der Waals surface area contributed by atoms with Crippen molar-refractivity contribution in [2.75, 3.05) is 11.5 Å². The number of carbonyl (C=O) groups is 11. The van der Waals surface area contributed by atoms with Crippen LogP contribution in [0, 0.1) is 40.5 Å². The van der Waals surface area contributed by atoms with Gasteiger partial charge in [0.05, 0.1) is 0 Å². The molecule has 0 heterocycles. The van der Waals surface area contributed by atoms with Crippen molar-refractivity contribution in [1.29, 1.82) is 0 Å². The zero-order chi connectivity index (χ0) is 107. The Labute approximate surface area is 837 Å². The lowest BCUT2D eigenvalue weighted by atomic mass is 10.1. The Balaban J connectivity index is 0. The number of carboxylic acids is 2. The largest absolute Gasteiger partial charge is 0.481 e. The van der Waals surface area contributed by atoms with Crippen molar-refractivity contribution < 1.29 is 108 Å². The van der Waals surface area contributed by atoms with E-state index in [9.17, 15) is 79.1 Å². The zero-order valence-electron chi connectivity index (χ0n) is 86.2. The van der Waals surface area contributed by atoms with Crippen molar-refractivity contribution in [3.05, 3.63) is 237 Å². The molecule has 35 heteroatoms. The highest BCUT2D eigenvalue weighted by molar-refractivity contribution is 5.84. The van der Waals surface area contributed by atoms with Crippen molar-refractivity contribution in [1.82, 2.24) is 53.2 Å². The van der Waals surface area contributed by atoms with Crippen molar-refractivity contribution in [2.45, 2.75) is 347 Å². The van der Waals surface area contributed by atoms with Crippen LogP contribution < -0.4 is 64.6 Å². The predicted octanol–water partition coefficient (Wildman–Crippen LogP) is 20.3. The molecule has 0 aliphatic rings. The summed E-state index contributed by atoms with van der Waals surface area (Å²) in [5.74, 6) is -5.44. The first-order chi connectivity index (χ1) is 65.7. The average molecular weight is 2000 g/mol. The summed E-state index contributed by atoms with van der Waals surface area (Å²) in [4.78, 5) is 123. The number of nitrogens with one attached hydrogen (secondary N) is 10. The van der Waals surface area contributed by atoms with Gasteiger partial charge in [0.15, 0.2) is 12.5 Å². The molecular formula is C107H160F6N12O17. The Kier molecular flexibility index (Phi) is 64.3. The average Bonchev–Trinajstić information content (AvgIpc) is 0.876. The molecule has 16 N–H and O–H groups in total. The molecule has 10 atom stereocenters. The number of carbonyl (C=O) groups excluding carboxylic acids is 9. The quantitative estimate of drug-likeness (QED) is 0.00562. The molecule has 0 radical (unpaired) electrons. The van der Waals surface area contributed by atoms with Gasteiger partial charge < -0.3 is 88.5 Å². The number of hydrogen-bond acceptors (Lipinski definition) is 17. The minimum Gasteiger partial charge on any atom is -0.481 e. The molecule has 7 aromatic rings. The van der Waals surface area contributed by atoms with Crippen LogP contribution in [0.3, 0.4) is 0 Å². The Morgan fingerprint density at radius 2 is 0.570 bits per heavy atom. The number of rotatable bonds is 38. The highest BCUT2D eigenvalue weighted by Gasteiger charge is 2.40. The molecule has 792 valence electrons. The lowest BCUT2D eigenvalue weighted by Gasteiger charge is -2.22. The van der Waals surface area contributed by atoms with Gasteiger partial charge >= 0.3 is 66.4 Å². The first-order valence-corrected chi connectivity index (χ1v) is 47.3. The molecule has 0 bridgehead atoms. The number of anilines is 2. The number of ether oxygens (including phenoxy) is 4. The summed E-state index contributed by atoms with van der Waals surface area (Å²) in [7, 11) is 0. The summed E-state index contributed by atoms with van der Waals surface area (Å²) in [6.45, 7) is 45.4. The SMILES string of the molecule is C.CCCC(C)C.CCC[C@@H](C)NC(=O)N[C@H](C)Cc1ccc(C)cc1.CCC[C@@H](C)NC(=O)N[C@H](C)Cc1ccc(N)cc1.Cc1ccc(C[C@@H](C)NC(=O)C(F)(F)F)cc1.Cc1ccc(C[C@@H](C)NC(=O)C(F)(F)F)cc1.Cc1ccc(C[C@@H](C)NC(=O)OC(C)(C)C)cc1.Cc1ccc(C[C@H](NC(=O)OC(C)(C)C)OC=O)cc1.Nc1ccc(C[C@H](NC(=O)N[C@@H](CCC(=O)O)C(=O)O)OC=O)cc1. The Morgan fingerprint density at radius 1 is 0.331 bits per heavy atom. The molecule has 0 saturated heterocycles. The lowest BCUT2D eigenvalue weighted by Crippen LogP contribution is -2.50. The number of aryl methyl sites for hydroxylation is 5. The number of nitrogens with two attached hydrogens (primary N) is 2. The molecule has 0 spiro atoms. The predicted molar refractivity (Wildman–Crippen MR) is 548 cm³/mol. The molecule has 142 heavy (non-hydrogen) atoms. The van der Waals surface area contributed by atoms with Crippen LogP contribution in [-0.2, 0) is 92.7 Å². The van der Waals surface area contributed by atoms with Crippen molar-refractivity contribution in [2.24, 2.45) is 5.92 Å². The van der Waals surface area contributed by atoms with E-state index in [0.717, 1.165) is 95.5 Å². The van der Waals surface area contributed by atoms with E-state index in [4.69, 9.17) is 40.6 Å². The van der Waals surface area contributed by atoms with E-state index in [1.807, 2.05) is 184 Å². The van der Waals surface area contributed by atoms with E-state index >= 15 is 0 Å². The summed E-state index contributed by atoms with van der Waals surface area (Å²) in [6, 6.07) is 51.0. The number of hydrogen-bond donors (Lipinski definition) is 14. The fraction of sp³-hybridized carbons (Fsp3) is 0.505. The van der Waals surface area contributed by atoms with Crippen LogP contribution in [0.15, 0.2) is 170 Å². The van der Waals surface area contributed by atoms with E-state index in [0.29, 0.717) is 31.4 Å². The van der Waals surface area contributed by atoms with E-state index in [1.54, 1.807) is 58.9 Å². The second kappa shape index (κ2) is 69.7. The van der Waals surface area contributed by atoms with Crippen molar-refractivity contribution in [3.8, 4) is 0 Å². The maximum Gasteiger partial charge on any atom is 0.471 e. The molecule has 0 fully saturated rings. The number of carboxylic acid groups (broad SMARTS) is 2. The number of amides is 10. The molecule has 10 amide bonds. The molecule has 7 rings (SSSR count). The van der Waals surface area contributed by atoms with Crippen molar-refractivity contribution in [3.63, 3.8) is 0 Å². The smallest absolute Gasteiger partial charge is 0.471 e. The van der Waals surface area contributed by atoms with E-state index in [-0.39, 0.29) is 75.1 Å². The standard InChI is InChI=1S/C16H26N2O.C15H19N3O7.C15H25N3O.C15H21NO4.C15H23NO2.2C12H14F3NO.C6H14.CH4/c1-5-6-13(3)17-16(19)18-14(4)11-15-9-7-12(2)8-10-15;16-10-3-1-9(2-4-10)7-12(25-8-19)18-15(24)17-11(14(22)23)5-6-13(20)21;1-4-5-11(2)17-15(19)18-12(3)10-13-6-8-14(16)9-7-13;1-11-5-7-12(8-6-11)9-13(19-10-17)16-14(18)20-15(2,3)4;1-11-6-8-13(9-7-11)10-12(2)16-14(17)18-15(3,4)5;2*1-8-3-5-10(6-4-8)7-9(2)16-11(17)12(13,14)15;1-4-5-6(2)3;/h7-10,13-14H,5-6,11H2,1-4H3,(H2,17,18,19);1-4,8,11-12H,5-7,16H2,(H,20,21)(H,22,23)(H2,17,18,24);6-9,11-12H,4-5,10,16H2,1-3H3,(H2,17,18,19);5-8,10,13H,9H2,1-4H3,(H,16,18);6-9,12H,10H2,1-5H3,(H,16,17);2*3-6,9H,7H2,1-2H3,(H,16,17);6H,4-5H2,1-3H3;1H4/t13-,14-;11-,12+;11-,12-;13-;12-;2*9-;;/m1011111../s1. The number of urea groups is 3. The van der Waals surface area contributed by atoms with Crippen LogP contribution in [0.1, 0.15) is 250 Å². The molecule has 0 aliphatic carbocycles. The number of benzene rings is 7. The van der Waals surface area contributed by atoms with E-state index < -0.39 is 96.4 Å². The van der Waals surface area contributed by atoms with Gasteiger partial charge in [-0.2, -0.15) is 26.3 Å². The molecular weight excluding hydrogens is 1840 g/mol. The van der Waals surface area contributed by atoms with Crippen LogP contribution in [-0.4, -0.2) is 162 Å². The maximum absolute atomic E-state index is 12.0. The lowest BCUT2D eigenvalue weighted by molar-refractivity contribution is -0.174. The van der Waals surface area contributed by atoms with Gasteiger partial charge in [-0.1, -0.05) is 241 Å². The summed E-state index contributed by atoms with van der Waals surface area (Å²) >= 11 is 0. The topological polar surface area (TPSA) is 437 Å². The summed E-state index contributed by atoms with van der Waals surface area (Å²) in [5, 5.41) is 43.0. The number of nitrogen functional groups attached to an aromatic ring is 2.